The van der Waals surface area contributed by atoms with Gasteiger partial charge in [-0.15, -0.1) is 13.2 Å². The predicted octanol–water partition coefficient (Wildman–Crippen LogP) is 1.87. The van der Waals surface area contributed by atoms with Gasteiger partial charge in [0, 0.05) is 30.6 Å². The van der Waals surface area contributed by atoms with Crippen molar-refractivity contribution in [1.82, 2.24) is 14.8 Å². The Morgan fingerprint density at radius 2 is 2.05 bits per heavy atom. The van der Waals surface area contributed by atoms with Gasteiger partial charge in [-0.25, -0.2) is 4.98 Å². The van der Waals surface area contributed by atoms with E-state index in [4.69, 9.17) is 5.73 Å². The Labute approximate surface area is 117 Å². The fraction of sp³-hybridized carbons (Fsp3) is 0.250. The van der Waals surface area contributed by atoms with Gasteiger partial charge in [0.15, 0.2) is 0 Å². The average Bonchev–Trinajstić information content (AvgIpc) is 2.86. The number of aromatic nitrogens is 3. The maximum absolute atomic E-state index is 12.5. The van der Waals surface area contributed by atoms with Gasteiger partial charge < -0.3 is 11.1 Å². The number of halogens is 3. The first-order chi connectivity index (χ1) is 9.75. The monoisotopic (exact) mass is 299 g/mol. The summed E-state index contributed by atoms with van der Waals surface area (Å²) in [7, 11) is 1.57. The summed E-state index contributed by atoms with van der Waals surface area (Å²) in [5.74, 6) is -0.443. The van der Waals surface area contributed by atoms with E-state index < -0.39 is 12.2 Å². The summed E-state index contributed by atoms with van der Waals surface area (Å²) in [6.07, 6.45) is -1.35. The van der Waals surface area contributed by atoms with Gasteiger partial charge in [0.2, 0.25) is 0 Å². The summed E-state index contributed by atoms with van der Waals surface area (Å²) in [4.78, 5) is 15.5. The molecule has 112 valence electrons. The number of hydrogen-bond acceptors (Lipinski definition) is 4. The van der Waals surface area contributed by atoms with Gasteiger partial charge >= 0.3 is 6.30 Å². The molecule has 0 bridgehead atoms. The molecule has 0 saturated carbocycles. The van der Waals surface area contributed by atoms with E-state index in [0.29, 0.717) is 11.1 Å². The molecule has 0 aliphatic rings. The molecule has 0 saturated heterocycles. The smallest absolute Gasteiger partial charge is 0.372 e. The molecule has 1 amide bonds. The van der Waals surface area contributed by atoms with Crippen LogP contribution >= 0.6 is 0 Å². The molecule has 2 aromatic rings. The molecule has 9 heteroatoms. The third-order valence-electron chi connectivity index (χ3n) is 2.98. The number of nitrogens with one attached hydrogen (secondary N) is 1. The quantitative estimate of drug-likeness (QED) is 0.906. The number of primary amides is 1. The number of rotatable bonds is 3. The van der Waals surface area contributed by atoms with Gasteiger partial charge in [0.05, 0.1) is 11.8 Å². The highest BCUT2D eigenvalue weighted by Gasteiger charge is 2.32. The summed E-state index contributed by atoms with van der Waals surface area (Å²) in [6, 6.07) is 0. The van der Waals surface area contributed by atoms with E-state index in [1.165, 1.54) is 6.20 Å². The van der Waals surface area contributed by atoms with Gasteiger partial charge in [-0.2, -0.15) is 9.78 Å². The number of anilines is 1. The number of carbonyl (C=O) groups is 1. The Morgan fingerprint density at radius 1 is 1.38 bits per heavy atom. The highest BCUT2D eigenvalue weighted by molar-refractivity contribution is 6.00. The molecule has 0 aliphatic heterocycles. The number of pyridine rings is 1. The van der Waals surface area contributed by atoms with E-state index in [9.17, 15) is 18.0 Å². The van der Waals surface area contributed by atoms with Crippen molar-refractivity contribution in [3.63, 3.8) is 0 Å². The first kappa shape index (κ1) is 14.8. The lowest BCUT2D eigenvalue weighted by Crippen LogP contribution is -2.17. The maximum atomic E-state index is 12.5. The summed E-state index contributed by atoms with van der Waals surface area (Å²) >= 11 is 0. The molecule has 3 N–H and O–H groups in total. The molecule has 0 atom stereocenters. The van der Waals surface area contributed by atoms with E-state index in [2.05, 4.69) is 15.4 Å². The molecular weight excluding hydrogens is 287 g/mol. The first-order valence-electron chi connectivity index (χ1n) is 5.85. The molecule has 0 fully saturated rings. The van der Waals surface area contributed by atoms with Crippen molar-refractivity contribution >= 4 is 11.7 Å². The van der Waals surface area contributed by atoms with E-state index in [0.717, 1.165) is 12.4 Å². The normalized spacial score (nSPS) is 11.5. The van der Waals surface area contributed by atoms with Crippen molar-refractivity contribution in [2.24, 2.45) is 5.73 Å². The molecule has 2 heterocycles. The molecule has 0 radical (unpaired) electrons. The van der Waals surface area contributed by atoms with E-state index >= 15 is 0 Å². The highest BCUT2D eigenvalue weighted by Crippen LogP contribution is 2.30. The second-order valence-corrected chi connectivity index (χ2v) is 4.28. The lowest BCUT2D eigenvalue weighted by Gasteiger charge is -2.11. The summed E-state index contributed by atoms with van der Waals surface area (Å²) < 4.78 is 37.5. The van der Waals surface area contributed by atoms with Crippen LogP contribution in [0.5, 0.6) is 0 Å². The Balaban J connectivity index is 2.58. The molecular formula is C12H12F3N5O. The summed E-state index contributed by atoms with van der Waals surface area (Å²) in [5.41, 5.74) is 6.42. The Kier molecular flexibility index (Phi) is 3.58. The van der Waals surface area contributed by atoms with E-state index in [-0.39, 0.29) is 21.6 Å². The van der Waals surface area contributed by atoms with Crippen molar-refractivity contribution in [2.75, 3.05) is 12.4 Å². The van der Waals surface area contributed by atoms with E-state index in [1.54, 1.807) is 14.0 Å². The number of carbonyl (C=O) groups excluding carboxylic acids is 1. The van der Waals surface area contributed by atoms with Crippen LogP contribution in [0.1, 0.15) is 15.9 Å². The zero-order chi connectivity index (χ0) is 15.8. The standard InChI is InChI=1S/C12H12F3N5O/c1-6-8(4-18-11(17-2)9(6)10(16)21)7-3-19-20(5-7)12(13,14)15/h3-5H,1-2H3,(H2,16,21)(H,17,18). The fourth-order valence-corrected chi connectivity index (χ4v) is 1.99. The zero-order valence-corrected chi connectivity index (χ0v) is 11.2. The first-order valence-corrected chi connectivity index (χ1v) is 5.85. The molecule has 2 aromatic heterocycles. The number of amides is 1. The lowest BCUT2D eigenvalue weighted by atomic mass is 10.0. The number of nitrogens with zero attached hydrogens (tertiary/aromatic N) is 3. The molecule has 0 spiro atoms. The second-order valence-electron chi connectivity index (χ2n) is 4.28. The van der Waals surface area contributed by atoms with Crippen LogP contribution in [0.25, 0.3) is 11.1 Å². The van der Waals surface area contributed by atoms with Crippen LogP contribution in [0.2, 0.25) is 0 Å². The van der Waals surface area contributed by atoms with Crippen LogP contribution in [0, 0.1) is 6.92 Å². The molecule has 6 nitrogen and oxygen atoms in total. The van der Waals surface area contributed by atoms with Crippen LogP contribution in [-0.2, 0) is 6.30 Å². The van der Waals surface area contributed by atoms with Gasteiger partial charge in [-0.05, 0) is 12.5 Å². The van der Waals surface area contributed by atoms with Crippen LogP contribution in [-0.4, -0.2) is 27.7 Å². The summed E-state index contributed by atoms with van der Waals surface area (Å²) in [5, 5.41) is 5.97. The second kappa shape index (κ2) is 5.08. The van der Waals surface area contributed by atoms with Crippen molar-refractivity contribution in [2.45, 2.75) is 13.2 Å². The largest absolute Gasteiger partial charge is 0.504 e. The molecule has 21 heavy (non-hydrogen) atoms. The molecule has 0 aliphatic carbocycles. The Bertz CT molecular complexity index is 693. The maximum Gasteiger partial charge on any atom is 0.504 e. The van der Waals surface area contributed by atoms with Crippen molar-refractivity contribution in [3.8, 4) is 11.1 Å². The highest BCUT2D eigenvalue weighted by atomic mass is 19.4. The van der Waals surface area contributed by atoms with Crippen molar-refractivity contribution in [1.29, 1.82) is 0 Å². The average molecular weight is 299 g/mol. The fourth-order valence-electron chi connectivity index (χ4n) is 1.99. The van der Waals surface area contributed by atoms with Gasteiger partial charge in [-0.1, -0.05) is 0 Å². The number of hydrogen-bond donors (Lipinski definition) is 2. The lowest BCUT2D eigenvalue weighted by molar-refractivity contribution is -0.212. The van der Waals surface area contributed by atoms with Gasteiger partial charge in [-0.3, -0.25) is 4.79 Å². The topological polar surface area (TPSA) is 85.8 Å². The third kappa shape index (κ3) is 2.67. The van der Waals surface area contributed by atoms with Crippen LogP contribution < -0.4 is 11.1 Å². The van der Waals surface area contributed by atoms with Crippen LogP contribution in [0.3, 0.4) is 0 Å². The Hall–Kier alpha value is -2.58. The minimum Gasteiger partial charge on any atom is -0.372 e. The van der Waals surface area contributed by atoms with E-state index in [1.807, 2.05) is 0 Å². The van der Waals surface area contributed by atoms with Crippen LogP contribution in [0.4, 0.5) is 19.0 Å². The predicted molar refractivity (Wildman–Crippen MR) is 69.6 cm³/mol. The number of nitrogens with two attached hydrogens (primary N) is 1. The minimum absolute atomic E-state index is 0.113. The molecule has 2 rings (SSSR count). The third-order valence-corrected chi connectivity index (χ3v) is 2.98. The molecule has 0 unspecified atom stereocenters. The minimum atomic E-state index is -4.60. The zero-order valence-electron chi connectivity index (χ0n) is 11.2. The number of alkyl halides is 3. The SMILES string of the molecule is CNc1ncc(-c2cnn(C(F)(F)F)c2)c(C)c1C(N)=O. The van der Waals surface area contributed by atoms with Crippen molar-refractivity contribution < 1.29 is 18.0 Å². The Morgan fingerprint density at radius 3 is 2.52 bits per heavy atom. The van der Waals surface area contributed by atoms with Crippen molar-refractivity contribution in [3.05, 3.63) is 29.7 Å². The van der Waals surface area contributed by atoms with Gasteiger partial charge in [0.25, 0.3) is 5.91 Å². The molecule has 0 aromatic carbocycles. The summed E-state index contributed by atoms with van der Waals surface area (Å²) in [6.45, 7) is 1.59. The van der Waals surface area contributed by atoms with Gasteiger partial charge in [0.1, 0.15) is 5.82 Å². The van der Waals surface area contributed by atoms with Crippen LogP contribution in [0.15, 0.2) is 18.6 Å².